The molecule has 0 aromatic heterocycles. The third kappa shape index (κ3) is 2.37. The molecule has 0 unspecified atom stereocenters. The van der Waals surface area contributed by atoms with Gasteiger partial charge in [-0.15, -0.1) is 0 Å². The third-order valence-corrected chi connectivity index (χ3v) is 3.10. The second-order valence-electron chi connectivity index (χ2n) is 4.64. The van der Waals surface area contributed by atoms with Crippen molar-refractivity contribution in [3.05, 3.63) is 35.9 Å². The Morgan fingerprint density at radius 3 is 2.67 bits per heavy atom. The van der Waals surface area contributed by atoms with E-state index in [0.29, 0.717) is 6.04 Å². The molecule has 0 bridgehead atoms. The fourth-order valence-electron chi connectivity index (χ4n) is 2.12. The normalized spacial score (nSPS) is 29.2. The SMILES string of the molecule is CC1(C#N)CC(NCc2ccccc2)C1. The Morgan fingerprint density at radius 2 is 2.07 bits per heavy atom. The minimum absolute atomic E-state index is 0.0750. The molecule has 0 radical (unpaired) electrons. The molecule has 0 atom stereocenters. The predicted octanol–water partition coefficient (Wildman–Crippen LogP) is 2.47. The van der Waals surface area contributed by atoms with E-state index in [1.54, 1.807) is 0 Å². The van der Waals surface area contributed by atoms with Crippen LogP contribution in [0.1, 0.15) is 25.3 Å². The van der Waals surface area contributed by atoms with E-state index >= 15 is 0 Å². The van der Waals surface area contributed by atoms with E-state index in [1.807, 2.05) is 13.0 Å². The summed E-state index contributed by atoms with van der Waals surface area (Å²) in [6.45, 7) is 2.95. The summed E-state index contributed by atoms with van der Waals surface area (Å²) in [5.74, 6) is 0. The molecule has 1 N–H and O–H groups in total. The van der Waals surface area contributed by atoms with Gasteiger partial charge in [-0.1, -0.05) is 30.3 Å². The zero-order valence-corrected chi connectivity index (χ0v) is 9.03. The number of benzene rings is 1. The van der Waals surface area contributed by atoms with Crippen molar-refractivity contribution in [3.63, 3.8) is 0 Å². The summed E-state index contributed by atoms with van der Waals surface area (Å²) in [4.78, 5) is 0. The van der Waals surface area contributed by atoms with Crippen LogP contribution in [0, 0.1) is 16.7 Å². The van der Waals surface area contributed by atoms with Crippen molar-refractivity contribution in [1.82, 2.24) is 5.32 Å². The Hall–Kier alpha value is -1.33. The Bertz CT molecular complexity index is 358. The highest BCUT2D eigenvalue weighted by Crippen LogP contribution is 2.39. The molecule has 0 heterocycles. The molecule has 1 aliphatic rings. The zero-order chi connectivity index (χ0) is 10.7. The highest BCUT2D eigenvalue weighted by molar-refractivity contribution is 5.15. The van der Waals surface area contributed by atoms with Gasteiger partial charge in [0.15, 0.2) is 0 Å². The smallest absolute Gasteiger partial charge is 0.0688 e. The predicted molar refractivity (Wildman–Crippen MR) is 60.0 cm³/mol. The van der Waals surface area contributed by atoms with Gasteiger partial charge >= 0.3 is 0 Å². The first kappa shape index (κ1) is 10.2. The summed E-state index contributed by atoms with van der Waals surface area (Å²) < 4.78 is 0. The molecular weight excluding hydrogens is 184 g/mol. The highest BCUT2D eigenvalue weighted by atomic mass is 14.9. The third-order valence-electron chi connectivity index (χ3n) is 3.10. The largest absolute Gasteiger partial charge is 0.310 e. The van der Waals surface area contributed by atoms with Crippen LogP contribution in [-0.2, 0) is 6.54 Å². The molecule has 2 rings (SSSR count). The van der Waals surface area contributed by atoms with Crippen molar-refractivity contribution in [2.24, 2.45) is 5.41 Å². The molecule has 1 aromatic rings. The summed E-state index contributed by atoms with van der Waals surface area (Å²) in [5.41, 5.74) is 1.23. The lowest BCUT2D eigenvalue weighted by molar-refractivity contribution is 0.166. The summed E-state index contributed by atoms with van der Waals surface area (Å²) >= 11 is 0. The van der Waals surface area contributed by atoms with Gasteiger partial charge < -0.3 is 5.32 Å². The van der Waals surface area contributed by atoms with Gasteiger partial charge in [0.25, 0.3) is 0 Å². The fraction of sp³-hybridized carbons (Fsp3) is 0.462. The molecule has 0 saturated heterocycles. The number of nitrogens with one attached hydrogen (secondary N) is 1. The quantitative estimate of drug-likeness (QED) is 0.813. The van der Waals surface area contributed by atoms with Crippen LogP contribution in [0.2, 0.25) is 0 Å². The van der Waals surface area contributed by atoms with E-state index in [-0.39, 0.29) is 5.41 Å². The molecule has 0 aliphatic heterocycles. The lowest BCUT2D eigenvalue weighted by Gasteiger charge is -2.40. The minimum Gasteiger partial charge on any atom is -0.310 e. The lowest BCUT2D eigenvalue weighted by atomic mass is 9.68. The van der Waals surface area contributed by atoms with Crippen molar-refractivity contribution < 1.29 is 0 Å². The minimum atomic E-state index is -0.0750. The van der Waals surface area contributed by atoms with E-state index in [9.17, 15) is 0 Å². The maximum absolute atomic E-state index is 8.87. The van der Waals surface area contributed by atoms with Crippen molar-refractivity contribution in [2.75, 3.05) is 0 Å². The first-order chi connectivity index (χ1) is 7.22. The topological polar surface area (TPSA) is 35.8 Å². The summed E-state index contributed by atoms with van der Waals surface area (Å²) in [7, 11) is 0. The second kappa shape index (κ2) is 4.04. The highest BCUT2D eigenvalue weighted by Gasteiger charge is 2.39. The first-order valence-corrected chi connectivity index (χ1v) is 5.40. The van der Waals surface area contributed by atoms with E-state index in [2.05, 4.69) is 35.7 Å². The van der Waals surface area contributed by atoms with E-state index in [4.69, 9.17) is 5.26 Å². The van der Waals surface area contributed by atoms with Crippen LogP contribution >= 0.6 is 0 Å². The maximum Gasteiger partial charge on any atom is 0.0688 e. The Morgan fingerprint density at radius 1 is 1.40 bits per heavy atom. The molecular formula is C13H16N2. The monoisotopic (exact) mass is 200 g/mol. The van der Waals surface area contributed by atoms with Crippen LogP contribution in [-0.4, -0.2) is 6.04 Å². The van der Waals surface area contributed by atoms with Crippen LogP contribution in [0.4, 0.5) is 0 Å². The molecule has 15 heavy (non-hydrogen) atoms. The molecule has 1 aromatic carbocycles. The van der Waals surface area contributed by atoms with Crippen LogP contribution in [0.15, 0.2) is 30.3 Å². The van der Waals surface area contributed by atoms with Gasteiger partial charge in [0.2, 0.25) is 0 Å². The average Bonchev–Trinajstić information content (AvgIpc) is 2.24. The average molecular weight is 200 g/mol. The number of hydrogen-bond acceptors (Lipinski definition) is 2. The second-order valence-corrected chi connectivity index (χ2v) is 4.64. The molecule has 2 nitrogen and oxygen atoms in total. The van der Waals surface area contributed by atoms with Crippen LogP contribution in [0.3, 0.4) is 0 Å². The maximum atomic E-state index is 8.87. The molecule has 1 fully saturated rings. The molecule has 2 heteroatoms. The van der Waals surface area contributed by atoms with Crippen LogP contribution in [0.25, 0.3) is 0 Å². The number of nitriles is 1. The van der Waals surface area contributed by atoms with E-state index in [0.717, 1.165) is 19.4 Å². The summed E-state index contributed by atoms with van der Waals surface area (Å²) in [6, 6.07) is 13.3. The standard InChI is InChI=1S/C13H16N2/c1-13(10-14)7-12(8-13)15-9-11-5-3-2-4-6-11/h2-6,12,15H,7-9H2,1H3. The fourth-order valence-corrected chi connectivity index (χ4v) is 2.12. The molecule has 78 valence electrons. The first-order valence-electron chi connectivity index (χ1n) is 5.40. The summed E-state index contributed by atoms with van der Waals surface area (Å²) in [5, 5.41) is 12.3. The van der Waals surface area contributed by atoms with Crippen LogP contribution in [0.5, 0.6) is 0 Å². The Balaban J connectivity index is 1.76. The van der Waals surface area contributed by atoms with Gasteiger partial charge in [0.1, 0.15) is 0 Å². The Kier molecular flexibility index (Phi) is 2.75. The number of hydrogen-bond donors (Lipinski definition) is 1. The van der Waals surface area contributed by atoms with Gasteiger partial charge in [-0.25, -0.2) is 0 Å². The molecule has 1 saturated carbocycles. The van der Waals surface area contributed by atoms with Gasteiger partial charge in [0.05, 0.1) is 11.5 Å². The lowest BCUT2D eigenvalue weighted by Crippen LogP contribution is -2.46. The van der Waals surface area contributed by atoms with E-state index < -0.39 is 0 Å². The molecule has 0 spiro atoms. The van der Waals surface area contributed by atoms with Crippen molar-refractivity contribution in [2.45, 2.75) is 32.4 Å². The van der Waals surface area contributed by atoms with Gasteiger partial charge in [-0.2, -0.15) is 5.26 Å². The Labute approximate surface area is 90.9 Å². The van der Waals surface area contributed by atoms with Crippen molar-refractivity contribution in [1.29, 1.82) is 5.26 Å². The van der Waals surface area contributed by atoms with Gasteiger partial charge in [-0.05, 0) is 25.3 Å². The van der Waals surface area contributed by atoms with Crippen LogP contribution < -0.4 is 5.32 Å². The molecule has 0 amide bonds. The number of nitrogens with zero attached hydrogens (tertiary/aromatic N) is 1. The molecule has 1 aliphatic carbocycles. The van der Waals surface area contributed by atoms with Crippen molar-refractivity contribution >= 4 is 0 Å². The van der Waals surface area contributed by atoms with Gasteiger partial charge in [0, 0.05) is 12.6 Å². The summed E-state index contributed by atoms with van der Waals surface area (Å²) in [6.07, 6.45) is 1.96. The van der Waals surface area contributed by atoms with E-state index in [1.165, 1.54) is 5.56 Å². The number of rotatable bonds is 3. The van der Waals surface area contributed by atoms with Gasteiger partial charge in [-0.3, -0.25) is 0 Å². The van der Waals surface area contributed by atoms with Crippen molar-refractivity contribution in [3.8, 4) is 6.07 Å². The zero-order valence-electron chi connectivity index (χ0n) is 9.03.